The molecule has 5 aromatic rings. The van der Waals surface area contributed by atoms with E-state index in [4.69, 9.17) is 21.3 Å². The van der Waals surface area contributed by atoms with Gasteiger partial charge in [0, 0.05) is 18.7 Å². The van der Waals surface area contributed by atoms with Crippen molar-refractivity contribution in [2.45, 2.75) is 31.1 Å². The first-order valence-corrected chi connectivity index (χ1v) is 16.3. The van der Waals surface area contributed by atoms with E-state index >= 15 is 0 Å². The number of amides is 1. The van der Waals surface area contributed by atoms with Crippen LogP contribution in [0.3, 0.4) is 0 Å². The maximum atomic E-state index is 13.5. The van der Waals surface area contributed by atoms with Crippen LogP contribution in [0.1, 0.15) is 35.3 Å². The Balaban J connectivity index is 1.26. The highest BCUT2D eigenvalue weighted by Crippen LogP contribution is 2.30. The van der Waals surface area contributed by atoms with Crippen molar-refractivity contribution in [2.24, 2.45) is 0 Å². The summed E-state index contributed by atoms with van der Waals surface area (Å²) in [6.07, 6.45) is 2.58. The molecule has 1 aliphatic rings. The number of aromatic nitrogens is 3. The molecule has 0 spiro atoms. The number of anilines is 1. The number of para-hydroxylation sites is 1. The minimum Gasteiger partial charge on any atom is -0.452 e. The fourth-order valence-corrected chi connectivity index (χ4v) is 7.07. The van der Waals surface area contributed by atoms with Gasteiger partial charge in [-0.1, -0.05) is 66.6 Å². The average Bonchev–Trinajstić information content (AvgIpc) is 3.41. The lowest BCUT2D eigenvalue weighted by atomic mass is 10.1. The molecule has 3 heterocycles. The number of carbonyl (C=O) groups is 2. The summed E-state index contributed by atoms with van der Waals surface area (Å²) in [5.41, 5.74) is 3.44. The third kappa shape index (κ3) is 6.32. The molecule has 2 aromatic heterocycles. The van der Waals surface area contributed by atoms with Gasteiger partial charge >= 0.3 is 5.97 Å². The number of esters is 1. The molecule has 6 rings (SSSR count). The summed E-state index contributed by atoms with van der Waals surface area (Å²) in [4.78, 5) is 31.4. The zero-order chi connectivity index (χ0) is 31.6. The monoisotopic (exact) mass is 643 g/mol. The number of nitrogens with one attached hydrogen (secondary N) is 1. The molecular weight excluding hydrogens is 614 g/mol. The predicted octanol–water partition coefficient (Wildman–Crippen LogP) is 6.02. The molecule has 230 valence electrons. The summed E-state index contributed by atoms with van der Waals surface area (Å²) < 4.78 is 34.9. The molecule has 1 N–H and O–H groups in total. The Morgan fingerprint density at radius 1 is 0.933 bits per heavy atom. The van der Waals surface area contributed by atoms with Crippen LogP contribution in [-0.2, 0) is 19.6 Å². The highest BCUT2D eigenvalue weighted by Gasteiger charge is 2.27. The van der Waals surface area contributed by atoms with E-state index in [0.29, 0.717) is 35.5 Å². The molecule has 1 fully saturated rings. The van der Waals surface area contributed by atoms with Gasteiger partial charge in [0.1, 0.15) is 0 Å². The number of hydrogen-bond donors (Lipinski definition) is 1. The number of hydrogen-bond acceptors (Lipinski definition) is 7. The molecule has 1 amide bonds. The topological polar surface area (TPSA) is 123 Å². The van der Waals surface area contributed by atoms with E-state index in [-0.39, 0.29) is 21.2 Å². The maximum Gasteiger partial charge on any atom is 0.339 e. The Labute approximate surface area is 265 Å². The normalized spacial score (nSPS) is 13.9. The van der Waals surface area contributed by atoms with Gasteiger partial charge in [-0.25, -0.2) is 22.9 Å². The van der Waals surface area contributed by atoms with E-state index in [9.17, 15) is 18.0 Å². The smallest absolute Gasteiger partial charge is 0.339 e. The lowest BCUT2D eigenvalue weighted by Crippen LogP contribution is -2.35. The number of ether oxygens (including phenoxy) is 1. The molecule has 0 saturated carbocycles. The van der Waals surface area contributed by atoms with Crippen LogP contribution < -0.4 is 5.32 Å². The summed E-state index contributed by atoms with van der Waals surface area (Å²) in [6.45, 7) is 2.04. The molecule has 0 radical (unpaired) electrons. The largest absolute Gasteiger partial charge is 0.452 e. The molecule has 0 unspecified atom stereocenters. The van der Waals surface area contributed by atoms with Crippen molar-refractivity contribution in [1.82, 2.24) is 19.1 Å². The Hall–Kier alpha value is -4.58. The summed E-state index contributed by atoms with van der Waals surface area (Å²) in [7, 11) is -3.74. The van der Waals surface area contributed by atoms with Gasteiger partial charge in [-0.2, -0.15) is 9.40 Å². The highest BCUT2D eigenvalue weighted by atomic mass is 35.5. The number of carbonyl (C=O) groups excluding carboxylic acids is 2. The number of fused-ring (bicyclic) bond motifs is 1. The van der Waals surface area contributed by atoms with Gasteiger partial charge in [0.15, 0.2) is 12.3 Å². The van der Waals surface area contributed by atoms with Crippen molar-refractivity contribution in [3.8, 4) is 16.9 Å². The van der Waals surface area contributed by atoms with Crippen LogP contribution in [0.15, 0.2) is 89.8 Å². The SMILES string of the molecule is Cc1nn(-c2ccccc2)c2nc(-c3ccccc3)cc(C(=O)OCC(=O)Nc3cc(S(=O)(=O)N4CCCCC4)ccc3Cl)c12. The molecule has 1 aliphatic heterocycles. The van der Waals surface area contributed by atoms with E-state index < -0.39 is 28.5 Å². The lowest BCUT2D eigenvalue weighted by molar-refractivity contribution is -0.119. The second-order valence-corrected chi connectivity index (χ2v) is 13.0. The second kappa shape index (κ2) is 12.8. The molecule has 1 saturated heterocycles. The van der Waals surface area contributed by atoms with Gasteiger partial charge in [0.25, 0.3) is 5.91 Å². The molecule has 3 aromatic carbocycles. The van der Waals surface area contributed by atoms with Gasteiger partial charge in [0.2, 0.25) is 10.0 Å². The number of nitrogens with zero attached hydrogens (tertiary/aromatic N) is 4. The Kier molecular flexibility index (Phi) is 8.66. The first kappa shape index (κ1) is 30.4. The van der Waals surface area contributed by atoms with Crippen molar-refractivity contribution in [1.29, 1.82) is 0 Å². The number of sulfonamides is 1. The summed E-state index contributed by atoms with van der Waals surface area (Å²) >= 11 is 6.30. The number of halogens is 1. The minimum atomic E-state index is -3.74. The average molecular weight is 644 g/mol. The van der Waals surface area contributed by atoms with E-state index in [1.165, 1.54) is 22.5 Å². The van der Waals surface area contributed by atoms with Crippen molar-refractivity contribution in [2.75, 3.05) is 25.0 Å². The summed E-state index contributed by atoms with van der Waals surface area (Å²) in [6, 6.07) is 24.7. The second-order valence-electron chi connectivity index (χ2n) is 10.7. The van der Waals surface area contributed by atoms with Gasteiger partial charge in [0.05, 0.1) is 43.6 Å². The van der Waals surface area contributed by atoms with E-state index in [1.807, 2.05) is 60.7 Å². The Morgan fingerprint density at radius 3 is 2.33 bits per heavy atom. The van der Waals surface area contributed by atoms with Gasteiger partial charge in [-0.05, 0) is 56.2 Å². The van der Waals surface area contributed by atoms with Crippen LogP contribution in [-0.4, -0.2) is 59.1 Å². The molecule has 0 bridgehead atoms. The molecule has 10 nitrogen and oxygen atoms in total. The number of benzene rings is 3. The number of piperidine rings is 1. The van der Waals surface area contributed by atoms with Crippen molar-refractivity contribution in [3.05, 3.63) is 101 Å². The van der Waals surface area contributed by atoms with Crippen molar-refractivity contribution in [3.63, 3.8) is 0 Å². The lowest BCUT2D eigenvalue weighted by Gasteiger charge is -2.26. The summed E-state index contributed by atoms with van der Waals surface area (Å²) in [5, 5.41) is 7.90. The number of rotatable bonds is 8. The zero-order valence-corrected chi connectivity index (χ0v) is 26.0. The van der Waals surface area contributed by atoms with E-state index in [2.05, 4.69) is 10.4 Å². The van der Waals surface area contributed by atoms with Crippen LogP contribution in [0.2, 0.25) is 5.02 Å². The fraction of sp³-hybridized carbons (Fsp3) is 0.212. The van der Waals surface area contributed by atoms with E-state index in [0.717, 1.165) is 30.5 Å². The molecular formula is C33H30ClN5O5S. The molecule has 45 heavy (non-hydrogen) atoms. The van der Waals surface area contributed by atoms with E-state index in [1.54, 1.807) is 17.7 Å². The molecule has 12 heteroatoms. The van der Waals surface area contributed by atoms with Crippen LogP contribution in [0.5, 0.6) is 0 Å². The van der Waals surface area contributed by atoms with Crippen molar-refractivity contribution >= 4 is 50.2 Å². The van der Waals surface area contributed by atoms with Gasteiger partial charge in [-0.15, -0.1) is 0 Å². The first-order chi connectivity index (χ1) is 21.7. The third-order valence-corrected chi connectivity index (χ3v) is 9.83. The molecule has 0 aliphatic carbocycles. The zero-order valence-electron chi connectivity index (χ0n) is 24.4. The summed E-state index contributed by atoms with van der Waals surface area (Å²) in [5.74, 6) is -1.42. The number of aryl methyl sites for hydroxylation is 1. The first-order valence-electron chi connectivity index (χ1n) is 14.5. The fourth-order valence-electron chi connectivity index (χ4n) is 5.37. The minimum absolute atomic E-state index is 0.0274. The Bertz CT molecular complexity index is 1990. The van der Waals surface area contributed by atoms with Gasteiger partial charge in [-0.3, -0.25) is 4.79 Å². The van der Waals surface area contributed by atoms with Crippen LogP contribution in [0.4, 0.5) is 5.69 Å². The van der Waals surface area contributed by atoms with Gasteiger partial charge < -0.3 is 10.1 Å². The molecule has 0 atom stereocenters. The van der Waals surface area contributed by atoms with Crippen LogP contribution >= 0.6 is 11.6 Å². The van der Waals surface area contributed by atoms with Crippen molar-refractivity contribution < 1.29 is 22.7 Å². The third-order valence-electron chi connectivity index (χ3n) is 7.60. The van der Waals surface area contributed by atoms with Crippen LogP contribution in [0, 0.1) is 6.92 Å². The standard InChI is InChI=1S/C33H30ClN5O5S/c1-22-31-26(20-28(23-11-5-2-6-12-23)36-32(31)39(37-22)24-13-7-3-8-14-24)33(41)44-21-30(40)35-29-19-25(15-16-27(29)34)45(42,43)38-17-9-4-10-18-38/h2-3,5-8,11-16,19-20H,4,9-10,17-18,21H2,1H3,(H,35,40). The maximum absolute atomic E-state index is 13.5. The number of pyridine rings is 1. The highest BCUT2D eigenvalue weighted by molar-refractivity contribution is 7.89. The quantitative estimate of drug-likeness (QED) is 0.205. The Morgan fingerprint density at radius 2 is 1.62 bits per heavy atom. The van der Waals surface area contributed by atoms with Crippen LogP contribution in [0.25, 0.3) is 28.0 Å². The predicted molar refractivity (Wildman–Crippen MR) is 172 cm³/mol.